The monoisotopic (exact) mass is 299 g/mol. The van der Waals surface area contributed by atoms with Gasteiger partial charge in [0.05, 0.1) is 5.02 Å². The molecule has 0 spiro atoms. The van der Waals surface area contributed by atoms with E-state index in [9.17, 15) is 9.90 Å². The number of nitrogens with zero attached hydrogens (tertiary/aromatic N) is 1. The Kier molecular flexibility index (Phi) is 4.12. The van der Waals surface area contributed by atoms with E-state index in [0.29, 0.717) is 27.8 Å². The Hall–Kier alpha value is -1.52. The molecule has 100 valence electrons. The average molecular weight is 300 g/mol. The first-order chi connectivity index (χ1) is 9.04. The summed E-state index contributed by atoms with van der Waals surface area (Å²) in [5.74, 6) is -0.739. The molecule has 2 aromatic rings. The molecule has 0 aliphatic carbocycles. The number of aromatic nitrogens is 1. The van der Waals surface area contributed by atoms with Gasteiger partial charge in [0.1, 0.15) is 11.3 Å². The van der Waals surface area contributed by atoms with Gasteiger partial charge in [-0.25, -0.2) is 4.79 Å². The van der Waals surface area contributed by atoms with E-state index in [1.165, 1.54) is 0 Å². The second-order valence-corrected chi connectivity index (χ2v) is 4.85. The summed E-state index contributed by atoms with van der Waals surface area (Å²) >= 11 is 12.0. The summed E-state index contributed by atoms with van der Waals surface area (Å²) in [4.78, 5) is 11.4. The fourth-order valence-electron chi connectivity index (χ4n) is 1.81. The first-order valence-corrected chi connectivity index (χ1v) is 6.47. The summed E-state index contributed by atoms with van der Waals surface area (Å²) in [6, 6.07) is 4.80. The number of hydrogen-bond donors (Lipinski definition) is 1. The largest absolute Gasteiger partial charge is 0.477 e. The molecule has 0 aliphatic rings. The molecule has 6 heteroatoms. The summed E-state index contributed by atoms with van der Waals surface area (Å²) in [6.45, 7) is 1.93. The van der Waals surface area contributed by atoms with Gasteiger partial charge in [0.15, 0.2) is 5.76 Å². The van der Waals surface area contributed by atoms with Crippen molar-refractivity contribution in [1.82, 2.24) is 5.16 Å². The Morgan fingerprint density at radius 1 is 1.42 bits per heavy atom. The van der Waals surface area contributed by atoms with Gasteiger partial charge in [-0.15, -0.1) is 0 Å². The highest BCUT2D eigenvalue weighted by Crippen LogP contribution is 2.33. The molecule has 4 nitrogen and oxygen atoms in total. The number of carboxylic acid groups (broad SMARTS) is 1. The lowest BCUT2D eigenvalue weighted by molar-refractivity contribution is 0.0695. The Labute approximate surface area is 119 Å². The molecule has 2 rings (SSSR count). The van der Waals surface area contributed by atoms with Crippen LogP contribution in [0.2, 0.25) is 10.0 Å². The standard InChI is InChI=1S/C13H11Cl2NO3/c1-2-3-10-11(13(17)18)12(16-19-10)8-6-7(14)4-5-9(8)15/h4-6H,2-3H2,1H3,(H,17,18). The lowest BCUT2D eigenvalue weighted by atomic mass is 10.0. The summed E-state index contributed by atoms with van der Waals surface area (Å²) in [7, 11) is 0. The van der Waals surface area contributed by atoms with Crippen LogP contribution in [0.3, 0.4) is 0 Å². The smallest absolute Gasteiger partial charge is 0.341 e. The van der Waals surface area contributed by atoms with Crippen LogP contribution < -0.4 is 0 Å². The van der Waals surface area contributed by atoms with Crippen molar-refractivity contribution in [2.45, 2.75) is 19.8 Å². The topological polar surface area (TPSA) is 63.3 Å². The second kappa shape index (κ2) is 5.63. The normalized spacial score (nSPS) is 10.7. The minimum absolute atomic E-state index is 0.0472. The summed E-state index contributed by atoms with van der Waals surface area (Å²) in [6.07, 6.45) is 1.27. The molecule has 0 amide bonds. The van der Waals surface area contributed by atoms with Crippen molar-refractivity contribution in [3.05, 3.63) is 39.6 Å². The van der Waals surface area contributed by atoms with Crippen molar-refractivity contribution in [2.24, 2.45) is 0 Å². The summed E-state index contributed by atoms with van der Waals surface area (Å²) in [5, 5.41) is 14.0. The molecule has 1 aromatic carbocycles. The van der Waals surface area contributed by atoms with Gasteiger partial charge >= 0.3 is 5.97 Å². The van der Waals surface area contributed by atoms with Gasteiger partial charge in [-0.2, -0.15) is 0 Å². The van der Waals surface area contributed by atoms with Gasteiger partial charge in [-0.3, -0.25) is 0 Å². The zero-order valence-corrected chi connectivity index (χ0v) is 11.6. The zero-order valence-electron chi connectivity index (χ0n) is 10.1. The molecule has 0 fully saturated rings. The van der Waals surface area contributed by atoms with Gasteiger partial charge in [0.2, 0.25) is 0 Å². The molecule has 0 radical (unpaired) electrons. The maximum Gasteiger partial charge on any atom is 0.341 e. The van der Waals surface area contributed by atoms with Crippen LogP contribution in [0.5, 0.6) is 0 Å². The van der Waals surface area contributed by atoms with E-state index in [2.05, 4.69) is 5.16 Å². The van der Waals surface area contributed by atoms with E-state index in [1.807, 2.05) is 6.92 Å². The van der Waals surface area contributed by atoms with E-state index in [0.717, 1.165) is 6.42 Å². The van der Waals surface area contributed by atoms with Crippen LogP contribution in [0, 0.1) is 0 Å². The van der Waals surface area contributed by atoms with Gasteiger partial charge in [-0.05, 0) is 24.6 Å². The molecular weight excluding hydrogens is 289 g/mol. The van der Waals surface area contributed by atoms with Crippen LogP contribution in [0.15, 0.2) is 22.7 Å². The number of aromatic carboxylic acids is 1. The van der Waals surface area contributed by atoms with Crippen molar-refractivity contribution >= 4 is 29.2 Å². The van der Waals surface area contributed by atoms with E-state index in [4.69, 9.17) is 27.7 Å². The van der Waals surface area contributed by atoms with Crippen LogP contribution in [-0.4, -0.2) is 16.2 Å². The third kappa shape index (κ3) is 2.74. The van der Waals surface area contributed by atoms with Crippen LogP contribution >= 0.6 is 23.2 Å². The molecule has 0 atom stereocenters. The molecule has 0 saturated carbocycles. The highest BCUT2D eigenvalue weighted by Gasteiger charge is 2.24. The first kappa shape index (κ1) is 13.9. The molecular formula is C13H11Cl2NO3. The molecule has 0 saturated heterocycles. The number of rotatable bonds is 4. The number of aryl methyl sites for hydroxylation is 1. The molecule has 0 aliphatic heterocycles. The highest BCUT2D eigenvalue weighted by molar-refractivity contribution is 6.35. The fraction of sp³-hybridized carbons (Fsp3) is 0.231. The molecule has 1 N–H and O–H groups in total. The van der Waals surface area contributed by atoms with Gasteiger partial charge in [0, 0.05) is 17.0 Å². The number of halogens is 2. The fourth-order valence-corrected chi connectivity index (χ4v) is 2.18. The van der Waals surface area contributed by atoms with Crippen molar-refractivity contribution in [1.29, 1.82) is 0 Å². The molecule has 1 aromatic heterocycles. The highest BCUT2D eigenvalue weighted by atomic mass is 35.5. The number of carbonyl (C=O) groups is 1. The number of benzene rings is 1. The zero-order chi connectivity index (χ0) is 14.0. The Balaban J connectivity index is 2.62. The number of carboxylic acids is 1. The van der Waals surface area contributed by atoms with E-state index in [1.54, 1.807) is 18.2 Å². The Morgan fingerprint density at radius 2 is 2.16 bits per heavy atom. The lowest BCUT2D eigenvalue weighted by Crippen LogP contribution is -2.01. The molecule has 19 heavy (non-hydrogen) atoms. The SMILES string of the molecule is CCCc1onc(-c2cc(Cl)ccc2Cl)c1C(=O)O. The molecule has 0 unspecified atom stereocenters. The van der Waals surface area contributed by atoms with E-state index >= 15 is 0 Å². The average Bonchev–Trinajstić information content (AvgIpc) is 2.76. The minimum atomic E-state index is -1.09. The van der Waals surface area contributed by atoms with Crippen LogP contribution in [0.25, 0.3) is 11.3 Å². The third-order valence-corrected chi connectivity index (χ3v) is 3.20. The number of hydrogen-bond acceptors (Lipinski definition) is 3. The van der Waals surface area contributed by atoms with Gasteiger partial charge in [-0.1, -0.05) is 35.3 Å². The maximum absolute atomic E-state index is 11.4. The van der Waals surface area contributed by atoms with Crippen molar-refractivity contribution < 1.29 is 14.4 Å². The second-order valence-electron chi connectivity index (χ2n) is 4.01. The molecule has 1 heterocycles. The van der Waals surface area contributed by atoms with Crippen LogP contribution in [-0.2, 0) is 6.42 Å². The first-order valence-electron chi connectivity index (χ1n) is 5.71. The molecule has 0 bridgehead atoms. The Morgan fingerprint density at radius 3 is 2.79 bits per heavy atom. The van der Waals surface area contributed by atoms with Crippen molar-refractivity contribution in [3.63, 3.8) is 0 Å². The maximum atomic E-state index is 11.4. The lowest BCUT2D eigenvalue weighted by Gasteiger charge is -2.02. The van der Waals surface area contributed by atoms with Gasteiger partial charge < -0.3 is 9.63 Å². The summed E-state index contributed by atoms with van der Waals surface area (Å²) in [5.41, 5.74) is 0.715. The predicted molar refractivity (Wildman–Crippen MR) is 72.9 cm³/mol. The third-order valence-electron chi connectivity index (χ3n) is 2.64. The van der Waals surface area contributed by atoms with Crippen molar-refractivity contribution in [3.8, 4) is 11.3 Å². The van der Waals surface area contributed by atoms with Crippen LogP contribution in [0.1, 0.15) is 29.5 Å². The Bertz CT molecular complexity index is 622. The van der Waals surface area contributed by atoms with Gasteiger partial charge in [0.25, 0.3) is 0 Å². The summed E-state index contributed by atoms with van der Waals surface area (Å²) < 4.78 is 5.11. The van der Waals surface area contributed by atoms with Crippen molar-refractivity contribution in [2.75, 3.05) is 0 Å². The van der Waals surface area contributed by atoms with E-state index in [-0.39, 0.29) is 11.3 Å². The predicted octanol–water partition coefficient (Wildman–Crippen LogP) is 4.30. The minimum Gasteiger partial charge on any atom is -0.477 e. The van der Waals surface area contributed by atoms with Crippen LogP contribution in [0.4, 0.5) is 0 Å². The van der Waals surface area contributed by atoms with E-state index < -0.39 is 5.97 Å². The quantitative estimate of drug-likeness (QED) is 0.914.